The number of hydrogen-bond donors (Lipinski definition) is 0. The number of pyridine rings is 1. The van der Waals surface area contributed by atoms with Crippen LogP contribution in [0.1, 0.15) is 11.1 Å². The minimum atomic E-state index is 0.602. The number of aromatic nitrogens is 1. The van der Waals surface area contributed by atoms with Gasteiger partial charge in [0.1, 0.15) is 13.2 Å². The topological polar surface area (TPSA) is 34.6 Å². The van der Waals surface area contributed by atoms with Gasteiger partial charge < -0.3 is 14.4 Å². The molecule has 2 aliphatic heterocycles. The summed E-state index contributed by atoms with van der Waals surface area (Å²) in [5.74, 6) is 1.72. The molecule has 0 radical (unpaired) electrons. The number of ether oxygens (including phenoxy) is 2. The average Bonchev–Trinajstić information content (AvgIpc) is 3.11. The Morgan fingerprint density at radius 1 is 1.07 bits per heavy atom. The highest BCUT2D eigenvalue weighted by molar-refractivity contribution is 6.33. The van der Waals surface area contributed by atoms with E-state index in [0.717, 1.165) is 47.7 Å². The standard InChI is InChI=1S/C22H19ClN2O2/c23-19-13-24-8-6-18(19)16-5-4-15-7-9-25(20(15)12-16)14-17-2-1-3-21-22(17)27-11-10-26-21/h1-6,8,12-13H,7,9-11,14H2. The van der Waals surface area contributed by atoms with Crippen molar-refractivity contribution in [1.82, 2.24) is 4.98 Å². The highest BCUT2D eigenvalue weighted by Crippen LogP contribution is 2.39. The first-order valence-electron chi connectivity index (χ1n) is 9.15. The summed E-state index contributed by atoms with van der Waals surface area (Å²) >= 11 is 6.35. The van der Waals surface area contributed by atoms with Crippen molar-refractivity contribution in [3.63, 3.8) is 0 Å². The fraction of sp³-hybridized carbons (Fsp3) is 0.227. The molecule has 2 aromatic carbocycles. The molecule has 0 atom stereocenters. The second-order valence-electron chi connectivity index (χ2n) is 6.81. The third-order valence-electron chi connectivity index (χ3n) is 5.17. The average molecular weight is 379 g/mol. The van der Waals surface area contributed by atoms with Crippen molar-refractivity contribution in [3.8, 4) is 22.6 Å². The van der Waals surface area contributed by atoms with Gasteiger partial charge in [0.05, 0.1) is 5.02 Å². The van der Waals surface area contributed by atoms with Gasteiger partial charge in [-0.1, -0.05) is 35.9 Å². The summed E-state index contributed by atoms with van der Waals surface area (Å²) in [6.45, 7) is 3.00. The zero-order valence-corrected chi connectivity index (χ0v) is 15.6. The molecule has 27 heavy (non-hydrogen) atoms. The van der Waals surface area contributed by atoms with Crippen molar-refractivity contribution >= 4 is 17.3 Å². The molecular formula is C22H19ClN2O2. The van der Waals surface area contributed by atoms with Crippen LogP contribution in [0, 0.1) is 0 Å². The Bertz CT molecular complexity index is 1010. The molecule has 2 aliphatic rings. The first kappa shape index (κ1) is 16.5. The highest BCUT2D eigenvalue weighted by Gasteiger charge is 2.23. The molecule has 0 fully saturated rings. The summed E-state index contributed by atoms with van der Waals surface area (Å²) in [6.07, 6.45) is 4.52. The van der Waals surface area contributed by atoms with Crippen molar-refractivity contribution in [2.45, 2.75) is 13.0 Å². The zero-order chi connectivity index (χ0) is 18.2. The van der Waals surface area contributed by atoms with Gasteiger partial charge in [-0.3, -0.25) is 4.98 Å². The van der Waals surface area contributed by atoms with Crippen molar-refractivity contribution in [2.75, 3.05) is 24.7 Å². The molecule has 0 unspecified atom stereocenters. The third-order valence-corrected chi connectivity index (χ3v) is 5.47. The first-order valence-corrected chi connectivity index (χ1v) is 9.52. The summed E-state index contributed by atoms with van der Waals surface area (Å²) in [4.78, 5) is 6.49. The predicted octanol–water partition coefficient (Wildman–Crippen LogP) is 4.74. The van der Waals surface area contributed by atoms with E-state index < -0.39 is 0 Å². The van der Waals surface area contributed by atoms with Crippen LogP contribution in [-0.2, 0) is 13.0 Å². The molecule has 5 heteroatoms. The molecular weight excluding hydrogens is 360 g/mol. The summed E-state index contributed by atoms with van der Waals surface area (Å²) in [7, 11) is 0. The van der Waals surface area contributed by atoms with E-state index in [2.05, 4.69) is 34.1 Å². The molecule has 0 bridgehead atoms. The van der Waals surface area contributed by atoms with Crippen LogP contribution >= 0.6 is 11.6 Å². The molecule has 3 aromatic rings. The van der Waals surface area contributed by atoms with Crippen LogP contribution in [0.4, 0.5) is 5.69 Å². The largest absolute Gasteiger partial charge is 0.486 e. The quantitative estimate of drug-likeness (QED) is 0.659. The summed E-state index contributed by atoms with van der Waals surface area (Å²) in [5.41, 5.74) is 5.91. The zero-order valence-electron chi connectivity index (χ0n) is 14.8. The minimum absolute atomic E-state index is 0.602. The van der Waals surface area contributed by atoms with Gasteiger partial charge in [-0.05, 0) is 35.7 Å². The monoisotopic (exact) mass is 378 g/mol. The normalized spacial score (nSPS) is 14.9. The molecule has 0 saturated carbocycles. The lowest BCUT2D eigenvalue weighted by Crippen LogP contribution is -2.22. The van der Waals surface area contributed by atoms with Gasteiger partial charge in [0.15, 0.2) is 11.5 Å². The van der Waals surface area contributed by atoms with Crippen LogP contribution in [0.3, 0.4) is 0 Å². The van der Waals surface area contributed by atoms with Gasteiger partial charge in [0, 0.05) is 42.3 Å². The number of halogens is 1. The number of fused-ring (bicyclic) bond motifs is 2. The van der Waals surface area contributed by atoms with Gasteiger partial charge in [-0.25, -0.2) is 0 Å². The van der Waals surface area contributed by atoms with Crippen molar-refractivity contribution in [3.05, 3.63) is 71.0 Å². The summed E-state index contributed by atoms with van der Waals surface area (Å²) in [5, 5.41) is 0.671. The van der Waals surface area contributed by atoms with Gasteiger partial charge in [0.2, 0.25) is 0 Å². The fourth-order valence-corrected chi connectivity index (χ4v) is 4.08. The lowest BCUT2D eigenvalue weighted by molar-refractivity contribution is 0.170. The van der Waals surface area contributed by atoms with Crippen molar-refractivity contribution < 1.29 is 9.47 Å². The molecule has 0 N–H and O–H groups in total. The Morgan fingerprint density at radius 2 is 2.00 bits per heavy atom. The Labute approximate surface area is 163 Å². The lowest BCUT2D eigenvalue weighted by Gasteiger charge is -2.25. The number of anilines is 1. The fourth-order valence-electron chi connectivity index (χ4n) is 3.85. The van der Waals surface area contributed by atoms with E-state index in [1.807, 2.05) is 18.2 Å². The molecule has 0 saturated heterocycles. The highest BCUT2D eigenvalue weighted by atomic mass is 35.5. The van der Waals surface area contributed by atoms with Crippen LogP contribution < -0.4 is 14.4 Å². The Hall–Kier alpha value is -2.72. The number of para-hydroxylation sites is 1. The van der Waals surface area contributed by atoms with E-state index in [9.17, 15) is 0 Å². The van der Waals surface area contributed by atoms with Gasteiger partial charge in [-0.15, -0.1) is 0 Å². The Balaban J connectivity index is 1.48. The molecule has 3 heterocycles. The van der Waals surface area contributed by atoms with Crippen LogP contribution in [-0.4, -0.2) is 24.7 Å². The van der Waals surface area contributed by atoms with Crippen LogP contribution in [0.15, 0.2) is 54.9 Å². The molecule has 1 aromatic heterocycles. The van der Waals surface area contributed by atoms with E-state index in [1.54, 1.807) is 12.4 Å². The number of nitrogens with zero attached hydrogens (tertiary/aromatic N) is 2. The number of rotatable bonds is 3. The smallest absolute Gasteiger partial charge is 0.166 e. The SMILES string of the molecule is Clc1cnccc1-c1ccc2c(c1)N(Cc1cccc3c1OCCO3)CC2. The van der Waals surface area contributed by atoms with Gasteiger partial charge in [0.25, 0.3) is 0 Å². The molecule has 5 rings (SSSR count). The maximum Gasteiger partial charge on any atom is 0.166 e. The summed E-state index contributed by atoms with van der Waals surface area (Å²) in [6, 6.07) is 14.7. The van der Waals surface area contributed by atoms with E-state index in [1.165, 1.54) is 11.3 Å². The van der Waals surface area contributed by atoms with Crippen LogP contribution in [0.25, 0.3) is 11.1 Å². The number of hydrogen-bond acceptors (Lipinski definition) is 4. The first-order chi connectivity index (χ1) is 13.3. The third kappa shape index (κ3) is 3.00. The molecule has 136 valence electrons. The van der Waals surface area contributed by atoms with E-state index in [4.69, 9.17) is 21.1 Å². The van der Waals surface area contributed by atoms with Crippen LogP contribution in [0.2, 0.25) is 5.02 Å². The van der Waals surface area contributed by atoms with Crippen molar-refractivity contribution in [1.29, 1.82) is 0 Å². The van der Waals surface area contributed by atoms with E-state index >= 15 is 0 Å². The lowest BCUT2D eigenvalue weighted by atomic mass is 10.0. The molecule has 4 nitrogen and oxygen atoms in total. The van der Waals surface area contributed by atoms with Crippen LogP contribution in [0.5, 0.6) is 11.5 Å². The number of benzene rings is 2. The molecule has 0 amide bonds. The Morgan fingerprint density at radius 3 is 2.93 bits per heavy atom. The maximum atomic E-state index is 6.35. The predicted molar refractivity (Wildman–Crippen MR) is 107 cm³/mol. The van der Waals surface area contributed by atoms with Crippen molar-refractivity contribution in [2.24, 2.45) is 0 Å². The summed E-state index contributed by atoms with van der Waals surface area (Å²) < 4.78 is 11.6. The Kier molecular flexibility index (Phi) is 4.13. The molecule has 0 spiro atoms. The molecule has 0 aliphatic carbocycles. The maximum absolute atomic E-state index is 6.35. The van der Waals surface area contributed by atoms with E-state index in [0.29, 0.717) is 18.2 Å². The van der Waals surface area contributed by atoms with E-state index in [-0.39, 0.29) is 0 Å². The second kappa shape index (κ2) is 6.78. The minimum Gasteiger partial charge on any atom is -0.486 e. The second-order valence-corrected chi connectivity index (χ2v) is 7.22. The van der Waals surface area contributed by atoms with Gasteiger partial charge >= 0.3 is 0 Å². The van der Waals surface area contributed by atoms with Gasteiger partial charge in [-0.2, -0.15) is 0 Å².